The Kier molecular flexibility index (Phi) is 2.86. The van der Waals surface area contributed by atoms with Gasteiger partial charge in [-0.1, -0.05) is 12.1 Å². The quantitative estimate of drug-likeness (QED) is 0.513. The van der Waals surface area contributed by atoms with Crippen LogP contribution in [0.2, 0.25) is 0 Å². The molecule has 0 aliphatic carbocycles. The van der Waals surface area contributed by atoms with Crippen molar-refractivity contribution in [3.8, 4) is 6.19 Å². The van der Waals surface area contributed by atoms with Crippen LogP contribution in [0.25, 0.3) is 0 Å². The fourth-order valence-electron chi connectivity index (χ4n) is 1.08. The van der Waals surface area contributed by atoms with E-state index in [1.54, 1.807) is 13.1 Å². The van der Waals surface area contributed by atoms with Gasteiger partial charge < -0.3 is 4.90 Å². The molecule has 0 fully saturated rings. The standard InChI is InChI=1S/C10H11FN2/c1-8(13(2)7-12)9-4-3-5-10(11)6-9/h3-6,8H,1-2H3. The van der Waals surface area contributed by atoms with Crippen molar-refractivity contribution in [2.45, 2.75) is 13.0 Å². The van der Waals surface area contributed by atoms with Crippen LogP contribution in [-0.4, -0.2) is 11.9 Å². The third-order valence-electron chi connectivity index (χ3n) is 2.07. The zero-order valence-electron chi connectivity index (χ0n) is 7.66. The smallest absolute Gasteiger partial charge is 0.179 e. The first-order chi connectivity index (χ1) is 6.15. The topological polar surface area (TPSA) is 27.0 Å². The molecule has 2 nitrogen and oxygen atoms in total. The fraction of sp³-hybridized carbons (Fsp3) is 0.300. The van der Waals surface area contributed by atoms with Gasteiger partial charge in [0.25, 0.3) is 0 Å². The number of nitrogens with zero attached hydrogens (tertiary/aromatic N) is 2. The minimum absolute atomic E-state index is 0.0827. The first-order valence-electron chi connectivity index (χ1n) is 4.03. The van der Waals surface area contributed by atoms with Gasteiger partial charge in [-0.2, -0.15) is 5.26 Å². The van der Waals surface area contributed by atoms with E-state index in [0.29, 0.717) is 0 Å². The SMILES string of the molecule is CC(c1cccc(F)c1)N(C)C#N. The third kappa shape index (κ3) is 2.19. The number of rotatable bonds is 2. The van der Waals surface area contributed by atoms with Crippen molar-refractivity contribution < 1.29 is 4.39 Å². The van der Waals surface area contributed by atoms with Crippen LogP contribution in [0.3, 0.4) is 0 Å². The summed E-state index contributed by atoms with van der Waals surface area (Å²) in [6.07, 6.45) is 1.99. The molecule has 0 amide bonds. The Morgan fingerprint density at radius 2 is 2.23 bits per heavy atom. The maximum Gasteiger partial charge on any atom is 0.179 e. The molecule has 1 unspecified atom stereocenters. The zero-order chi connectivity index (χ0) is 9.84. The van der Waals surface area contributed by atoms with E-state index in [-0.39, 0.29) is 11.9 Å². The molecule has 3 heteroatoms. The number of hydrogen-bond acceptors (Lipinski definition) is 2. The number of halogens is 1. The lowest BCUT2D eigenvalue weighted by Crippen LogP contribution is -2.16. The number of hydrogen-bond donors (Lipinski definition) is 0. The molecule has 0 radical (unpaired) electrons. The summed E-state index contributed by atoms with van der Waals surface area (Å²) in [6.45, 7) is 1.86. The van der Waals surface area contributed by atoms with Crippen LogP contribution in [0.15, 0.2) is 24.3 Å². The Hall–Kier alpha value is -1.56. The minimum Gasteiger partial charge on any atom is -0.307 e. The summed E-state index contributed by atoms with van der Waals surface area (Å²) in [5.74, 6) is -0.268. The zero-order valence-corrected chi connectivity index (χ0v) is 7.66. The molecule has 68 valence electrons. The second kappa shape index (κ2) is 3.90. The van der Waals surface area contributed by atoms with Crippen LogP contribution in [0.5, 0.6) is 0 Å². The molecule has 0 spiro atoms. The summed E-state index contributed by atoms with van der Waals surface area (Å²) in [4.78, 5) is 1.48. The van der Waals surface area contributed by atoms with E-state index in [1.807, 2.05) is 19.2 Å². The molecule has 0 heterocycles. The van der Waals surface area contributed by atoms with Crippen molar-refractivity contribution in [2.75, 3.05) is 7.05 Å². The summed E-state index contributed by atoms with van der Waals surface area (Å²) in [5.41, 5.74) is 0.809. The summed E-state index contributed by atoms with van der Waals surface area (Å²) in [7, 11) is 1.68. The number of benzene rings is 1. The van der Waals surface area contributed by atoms with E-state index < -0.39 is 0 Å². The third-order valence-corrected chi connectivity index (χ3v) is 2.07. The lowest BCUT2D eigenvalue weighted by Gasteiger charge is -2.18. The molecule has 1 aromatic carbocycles. The highest BCUT2D eigenvalue weighted by Crippen LogP contribution is 2.18. The first kappa shape index (κ1) is 9.53. The van der Waals surface area contributed by atoms with Crippen LogP contribution < -0.4 is 0 Å². The molecular formula is C10H11FN2. The molecule has 0 N–H and O–H groups in total. The van der Waals surface area contributed by atoms with Gasteiger partial charge in [-0.05, 0) is 24.6 Å². The Labute approximate surface area is 77.2 Å². The van der Waals surface area contributed by atoms with Gasteiger partial charge in [0.15, 0.2) is 6.19 Å². The molecule has 1 atom stereocenters. The van der Waals surface area contributed by atoms with Gasteiger partial charge in [-0.25, -0.2) is 4.39 Å². The Morgan fingerprint density at radius 3 is 2.77 bits per heavy atom. The van der Waals surface area contributed by atoms with Gasteiger partial charge in [-0.15, -0.1) is 0 Å². The predicted octanol–water partition coefficient (Wildman–Crippen LogP) is 2.30. The summed E-state index contributed by atoms with van der Waals surface area (Å²) < 4.78 is 12.8. The maximum absolute atomic E-state index is 12.8. The lowest BCUT2D eigenvalue weighted by atomic mass is 10.1. The van der Waals surface area contributed by atoms with Crippen LogP contribution in [-0.2, 0) is 0 Å². The number of nitriles is 1. The van der Waals surface area contributed by atoms with Crippen molar-refractivity contribution in [1.29, 1.82) is 5.26 Å². The molecule has 13 heavy (non-hydrogen) atoms. The largest absolute Gasteiger partial charge is 0.307 e. The van der Waals surface area contributed by atoms with Crippen LogP contribution >= 0.6 is 0 Å². The molecule has 0 bridgehead atoms. The second-order valence-electron chi connectivity index (χ2n) is 2.94. The fourth-order valence-corrected chi connectivity index (χ4v) is 1.08. The average Bonchev–Trinajstić information content (AvgIpc) is 2.15. The van der Waals surface area contributed by atoms with Gasteiger partial charge in [-0.3, -0.25) is 0 Å². The summed E-state index contributed by atoms with van der Waals surface area (Å²) in [5, 5.41) is 8.62. The highest BCUT2D eigenvalue weighted by molar-refractivity contribution is 5.20. The van der Waals surface area contributed by atoms with E-state index in [1.165, 1.54) is 17.0 Å². The molecule has 0 aliphatic rings. The normalized spacial score (nSPS) is 11.8. The van der Waals surface area contributed by atoms with E-state index >= 15 is 0 Å². The molecule has 0 aliphatic heterocycles. The highest BCUT2D eigenvalue weighted by atomic mass is 19.1. The average molecular weight is 178 g/mol. The molecular weight excluding hydrogens is 167 g/mol. The monoisotopic (exact) mass is 178 g/mol. The Bertz CT molecular complexity index is 330. The molecule has 0 aromatic heterocycles. The van der Waals surface area contributed by atoms with E-state index in [2.05, 4.69) is 0 Å². The van der Waals surface area contributed by atoms with Crippen molar-refractivity contribution in [3.63, 3.8) is 0 Å². The van der Waals surface area contributed by atoms with Crippen molar-refractivity contribution in [1.82, 2.24) is 4.90 Å². The Balaban J connectivity index is 2.90. The van der Waals surface area contributed by atoms with Crippen LogP contribution in [0, 0.1) is 17.3 Å². The van der Waals surface area contributed by atoms with Crippen LogP contribution in [0.4, 0.5) is 4.39 Å². The van der Waals surface area contributed by atoms with Gasteiger partial charge in [0.2, 0.25) is 0 Å². The first-order valence-corrected chi connectivity index (χ1v) is 4.03. The summed E-state index contributed by atoms with van der Waals surface area (Å²) in [6, 6.07) is 6.20. The predicted molar refractivity (Wildman–Crippen MR) is 48.2 cm³/mol. The summed E-state index contributed by atoms with van der Waals surface area (Å²) >= 11 is 0. The van der Waals surface area contributed by atoms with Crippen molar-refractivity contribution in [3.05, 3.63) is 35.6 Å². The van der Waals surface area contributed by atoms with E-state index in [0.717, 1.165) is 5.56 Å². The van der Waals surface area contributed by atoms with Gasteiger partial charge in [0, 0.05) is 7.05 Å². The molecule has 0 saturated carbocycles. The van der Waals surface area contributed by atoms with Gasteiger partial charge in [0.1, 0.15) is 5.82 Å². The highest BCUT2D eigenvalue weighted by Gasteiger charge is 2.09. The van der Waals surface area contributed by atoms with Gasteiger partial charge in [0.05, 0.1) is 6.04 Å². The molecule has 1 rings (SSSR count). The van der Waals surface area contributed by atoms with Crippen molar-refractivity contribution >= 4 is 0 Å². The van der Waals surface area contributed by atoms with Crippen LogP contribution in [0.1, 0.15) is 18.5 Å². The molecule has 0 saturated heterocycles. The van der Waals surface area contributed by atoms with Crippen molar-refractivity contribution in [2.24, 2.45) is 0 Å². The maximum atomic E-state index is 12.8. The van der Waals surface area contributed by atoms with E-state index in [9.17, 15) is 4.39 Å². The lowest BCUT2D eigenvalue weighted by molar-refractivity contribution is 0.375. The second-order valence-corrected chi connectivity index (χ2v) is 2.94. The minimum atomic E-state index is -0.268. The Morgan fingerprint density at radius 1 is 1.54 bits per heavy atom. The molecule has 1 aromatic rings. The van der Waals surface area contributed by atoms with Gasteiger partial charge >= 0.3 is 0 Å². The van der Waals surface area contributed by atoms with E-state index in [4.69, 9.17) is 5.26 Å².